The van der Waals surface area contributed by atoms with Gasteiger partial charge < -0.3 is 5.32 Å². The monoisotopic (exact) mass is 355 g/mol. The molecule has 4 heteroatoms. The predicted molar refractivity (Wildman–Crippen MR) is 109 cm³/mol. The van der Waals surface area contributed by atoms with Gasteiger partial charge in [0.2, 0.25) is 0 Å². The molecule has 27 heavy (non-hydrogen) atoms. The minimum Gasteiger partial charge on any atom is -0.310 e. The molecule has 0 bridgehead atoms. The minimum absolute atomic E-state index is 0.646. The second-order valence-corrected chi connectivity index (χ2v) is 6.69. The van der Waals surface area contributed by atoms with Crippen molar-refractivity contribution in [2.24, 2.45) is 0 Å². The van der Waals surface area contributed by atoms with Crippen LogP contribution in [0.25, 0.3) is 21.8 Å². The van der Waals surface area contributed by atoms with Crippen molar-refractivity contribution < 1.29 is 4.79 Å². The number of carbonyl (C=O) groups is 1. The number of benzene rings is 2. The van der Waals surface area contributed by atoms with Crippen LogP contribution in [0.3, 0.4) is 0 Å². The number of nitrogens with zero attached hydrogens (tertiary/aromatic N) is 2. The lowest BCUT2D eigenvalue weighted by Gasteiger charge is -2.06. The molecule has 0 amide bonds. The third-order valence-corrected chi connectivity index (χ3v) is 4.67. The van der Waals surface area contributed by atoms with Crippen molar-refractivity contribution >= 4 is 28.1 Å². The van der Waals surface area contributed by atoms with Gasteiger partial charge in [-0.3, -0.25) is 14.8 Å². The molecule has 1 aliphatic rings. The Bertz CT molecular complexity index is 1060. The van der Waals surface area contributed by atoms with Crippen molar-refractivity contribution in [1.82, 2.24) is 15.3 Å². The average Bonchev–Trinajstić information content (AvgIpc) is 3.57. The number of aromatic nitrogens is 2. The van der Waals surface area contributed by atoms with Gasteiger partial charge in [0.25, 0.3) is 0 Å². The van der Waals surface area contributed by atoms with E-state index < -0.39 is 0 Å². The zero-order valence-corrected chi connectivity index (χ0v) is 15.0. The SMILES string of the molecule is O=Cc1cccc2cccnc12.c1cnc2c(CNC3CC3)cccc2c1. The van der Waals surface area contributed by atoms with Crippen molar-refractivity contribution in [2.45, 2.75) is 25.4 Å². The van der Waals surface area contributed by atoms with Crippen LogP contribution in [0.5, 0.6) is 0 Å². The molecule has 0 atom stereocenters. The molecule has 0 aliphatic heterocycles. The van der Waals surface area contributed by atoms with E-state index in [-0.39, 0.29) is 0 Å². The number of para-hydroxylation sites is 2. The Morgan fingerprint density at radius 2 is 1.48 bits per heavy atom. The van der Waals surface area contributed by atoms with Crippen LogP contribution in [0.15, 0.2) is 73.1 Å². The molecule has 0 saturated heterocycles. The molecule has 2 aromatic heterocycles. The van der Waals surface area contributed by atoms with Crippen LogP contribution in [0, 0.1) is 0 Å². The van der Waals surface area contributed by atoms with Crippen molar-refractivity contribution in [3.8, 4) is 0 Å². The van der Waals surface area contributed by atoms with Crippen LogP contribution in [-0.4, -0.2) is 22.3 Å². The van der Waals surface area contributed by atoms with Crippen LogP contribution in [0.1, 0.15) is 28.8 Å². The third kappa shape index (κ3) is 4.18. The largest absolute Gasteiger partial charge is 0.310 e. The Labute approximate surface area is 158 Å². The minimum atomic E-state index is 0.646. The highest BCUT2D eigenvalue weighted by atomic mass is 16.1. The Morgan fingerprint density at radius 3 is 2.19 bits per heavy atom. The van der Waals surface area contributed by atoms with Gasteiger partial charge in [-0.05, 0) is 36.6 Å². The lowest BCUT2D eigenvalue weighted by atomic mass is 10.1. The van der Waals surface area contributed by atoms with Gasteiger partial charge in [-0.15, -0.1) is 0 Å². The molecule has 5 rings (SSSR count). The summed E-state index contributed by atoms with van der Waals surface area (Å²) >= 11 is 0. The number of aldehydes is 1. The van der Waals surface area contributed by atoms with Crippen molar-refractivity contribution in [2.75, 3.05) is 0 Å². The van der Waals surface area contributed by atoms with Crippen LogP contribution >= 0.6 is 0 Å². The van der Waals surface area contributed by atoms with E-state index in [9.17, 15) is 4.79 Å². The number of hydrogen-bond acceptors (Lipinski definition) is 4. The molecule has 1 saturated carbocycles. The van der Waals surface area contributed by atoms with Crippen LogP contribution in [-0.2, 0) is 6.54 Å². The van der Waals surface area contributed by atoms with Crippen LogP contribution < -0.4 is 5.32 Å². The third-order valence-electron chi connectivity index (χ3n) is 4.67. The Balaban J connectivity index is 0.000000137. The molecule has 4 aromatic rings. The summed E-state index contributed by atoms with van der Waals surface area (Å²) in [5, 5.41) is 5.76. The first-order valence-corrected chi connectivity index (χ1v) is 9.20. The summed E-state index contributed by atoms with van der Waals surface area (Å²) in [4.78, 5) is 19.1. The molecule has 4 nitrogen and oxygen atoms in total. The second kappa shape index (κ2) is 8.06. The van der Waals surface area contributed by atoms with Gasteiger partial charge in [0.1, 0.15) is 0 Å². The summed E-state index contributed by atoms with van der Waals surface area (Å²) in [5.41, 5.74) is 3.86. The van der Waals surface area contributed by atoms with Gasteiger partial charge in [-0.1, -0.05) is 42.5 Å². The van der Waals surface area contributed by atoms with E-state index in [2.05, 4.69) is 39.6 Å². The van der Waals surface area contributed by atoms with Gasteiger partial charge in [0.05, 0.1) is 11.0 Å². The zero-order valence-electron chi connectivity index (χ0n) is 15.0. The summed E-state index contributed by atoms with van der Waals surface area (Å²) in [6, 6.07) is 20.6. The highest BCUT2D eigenvalue weighted by molar-refractivity contribution is 5.95. The van der Waals surface area contributed by atoms with E-state index in [0.717, 1.165) is 35.3 Å². The number of nitrogens with one attached hydrogen (secondary N) is 1. The molecule has 1 N–H and O–H groups in total. The molecule has 0 spiro atoms. The average molecular weight is 355 g/mol. The van der Waals surface area contributed by atoms with E-state index in [0.29, 0.717) is 5.56 Å². The summed E-state index contributed by atoms with van der Waals surface area (Å²) in [7, 11) is 0. The lowest BCUT2D eigenvalue weighted by Crippen LogP contribution is -2.15. The number of fused-ring (bicyclic) bond motifs is 2. The van der Waals surface area contributed by atoms with E-state index >= 15 is 0 Å². The second-order valence-electron chi connectivity index (χ2n) is 6.69. The number of hydrogen-bond donors (Lipinski definition) is 1. The van der Waals surface area contributed by atoms with Gasteiger partial charge in [-0.2, -0.15) is 0 Å². The molecule has 2 aromatic carbocycles. The first-order valence-electron chi connectivity index (χ1n) is 9.20. The standard InChI is InChI=1S/C13H14N2.C10H7NO/c1-3-10-5-2-8-14-13(10)11(4-1)9-15-12-6-7-12;12-7-9-4-1-3-8-5-2-6-11-10(8)9/h1-5,8,12,15H,6-7,9H2;1-7H. The van der Waals surface area contributed by atoms with Crippen molar-refractivity contribution in [3.63, 3.8) is 0 Å². The first kappa shape index (κ1) is 17.3. The molecule has 1 aliphatic carbocycles. The van der Waals surface area contributed by atoms with Crippen LogP contribution in [0.4, 0.5) is 0 Å². The first-order chi connectivity index (χ1) is 13.3. The maximum absolute atomic E-state index is 10.6. The van der Waals surface area contributed by atoms with E-state index in [4.69, 9.17) is 0 Å². The lowest BCUT2D eigenvalue weighted by molar-refractivity contribution is 0.112. The number of carbonyl (C=O) groups excluding carboxylic acids is 1. The zero-order chi connectivity index (χ0) is 18.5. The van der Waals surface area contributed by atoms with E-state index in [1.165, 1.54) is 23.8 Å². The fourth-order valence-electron chi connectivity index (χ4n) is 3.07. The Morgan fingerprint density at radius 1 is 0.852 bits per heavy atom. The van der Waals surface area contributed by atoms with Gasteiger partial charge >= 0.3 is 0 Å². The smallest absolute Gasteiger partial charge is 0.152 e. The number of pyridine rings is 2. The number of rotatable bonds is 4. The Hall–Kier alpha value is -3.11. The van der Waals surface area contributed by atoms with Gasteiger partial charge in [-0.25, -0.2) is 0 Å². The summed E-state index contributed by atoms with van der Waals surface area (Å²) in [5.74, 6) is 0. The molecule has 0 radical (unpaired) electrons. The molecular weight excluding hydrogens is 334 g/mol. The van der Waals surface area contributed by atoms with E-state index in [1.54, 1.807) is 12.3 Å². The maximum atomic E-state index is 10.6. The summed E-state index contributed by atoms with van der Waals surface area (Å²) in [6.45, 7) is 0.943. The van der Waals surface area contributed by atoms with Crippen molar-refractivity contribution in [1.29, 1.82) is 0 Å². The fourth-order valence-corrected chi connectivity index (χ4v) is 3.07. The Kier molecular flexibility index (Phi) is 5.17. The topological polar surface area (TPSA) is 54.9 Å². The van der Waals surface area contributed by atoms with E-state index in [1.807, 2.05) is 36.5 Å². The molecule has 0 unspecified atom stereocenters. The maximum Gasteiger partial charge on any atom is 0.152 e. The molecule has 2 heterocycles. The van der Waals surface area contributed by atoms with Crippen LogP contribution in [0.2, 0.25) is 0 Å². The highest BCUT2D eigenvalue weighted by Gasteiger charge is 2.20. The van der Waals surface area contributed by atoms with Gasteiger partial charge in [0, 0.05) is 41.3 Å². The normalized spacial score (nSPS) is 13.2. The molecular formula is C23H21N3O. The predicted octanol–water partition coefficient (Wildman–Crippen LogP) is 4.53. The quantitative estimate of drug-likeness (QED) is 0.546. The summed E-state index contributed by atoms with van der Waals surface area (Å²) in [6.07, 6.45) is 7.05. The highest BCUT2D eigenvalue weighted by Crippen LogP contribution is 2.21. The van der Waals surface area contributed by atoms with Gasteiger partial charge in [0.15, 0.2) is 6.29 Å². The molecule has 134 valence electrons. The van der Waals surface area contributed by atoms with Crippen molar-refractivity contribution in [3.05, 3.63) is 84.2 Å². The fraction of sp³-hybridized carbons (Fsp3) is 0.174. The molecule has 1 fully saturated rings. The summed E-state index contributed by atoms with van der Waals surface area (Å²) < 4.78 is 0.